The zero-order chi connectivity index (χ0) is 9.80. The fourth-order valence-corrected chi connectivity index (χ4v) is 1.52. The van der Waals surface area contributed by atoms with Gasteiger partial charge >= 0.3 is 0 Å². The van der Waals surface area contributed by atoms with E-state index >= 15 is 0 Å². The average Bonchev–Trinajstić information content (AvgIpc) is 3.03. The second-order valence-electron chi connectivity index (χ2n) is 3.95. The maximum Gasteiger partial charge on any atom is 0.0681 e. The minimum absolute atomic E-state index is 0.139. The molecule has 0 aliphatic heterocycles. The van der Waals surface area contributed by atoms with Gasteiger partial charge in [-0.2, -0.15) is 0 Å². The standard InChI is InChI=1S/C12H17NO/c14-9-11-3-1-10(2-4-11)7-8-13-12-5-6-12/h1-4,12-14H,5-9H2. The summed E-state index contributed by atoms with van der Waals surface area (Å²) in [5.74, 6) is 0. The highest BCUT2D eigenvalue weighted by molar-refractivity contribution is 5.22. The monoisotopic (exact) mass is 191 g/mol. The van der Waals surface area contributed by atoms with Gasteiger partial charge < -0.3 is 10.4 Å². The van der Waals surface area contributed by atoms with E-state index in [0.29, 0.717) is 0 Å². The summed E-state index contributed by atoms with van der Waals surface area (Å²) in [5.41, 5.74) is 2.33. The quantitative estimate of drug-likeness (QED) is 0.738. The van der Waals surface area contributed by atoms with Gasteiger partial charge in [0.25, 0.3) is 0 Å². The van der Waals surface area contributed by atoms with Gasteiger partial charge in [-0.1, -0.05) is 24.3 Å². The van der Waals surface area contributed by atoms with E-state index in [2.05, 4.69) is 17.4 Å². The van der Waals surface area contributed by atoms with Crippen LogP contribution in [0.15, 0.2) is 24.3 Å². The van der Waals surface area contributed by atoms with E-state index in [1.54, 1.807) is 0 Å². The third-order valence-corrected chi connectivity index (χ3v) is 2.63. The summed E-state index contributed by atoms with van der Waals surface area (Å²) in [6, 6.07) is 8.98. The second kappa shape index (κ2) is 4.58. The number of rotatable bonds is 5. The molecule has 2 heteroatoms. The molecule has 0 heterocycles. The first kappa shape index (κ1) is 9.69. The van der Waals surface area contributed by atoms with Gasteiger partial charge in [-0.05, 0) is 36.9 Å². The van der Waals surface area contributed by atoms with Crippen molar-refractivity contribution in [1.82, 2.24) is 5.32 Å². The summed E-state index contributed by atoms with van der Waals surface area (Å²) in [6.45, 7) is 1.21. The van der Waals surface area contributed by atoms with Crippen LogP contribution in [0.2, 0.25) is 0 Å². The van der Waals surface area contributed by atoms with Crippen molar-refractivity contribution in [3.05, 3.63) is 35.4 Å². The van der Waals surface area contributed by atoms with Gasteiger partial charge in [0.1, 0.15) is 0 Å². The van der Waals surface area contributed by atoms with Gasteiger partial charge in [0.05, 0.1) is 6.61 Å². The summed E-state index contributed by atoms with van der Waals surface area (Å²) < 4.78 is 0. The number of hydrogen-bond acceptors (Lipinski definition) is 2. The Labute approximate surface area is 85.0 Å². The minimum Gasteiger partial charge on any atom is -0.392 e. The van der Waals surface area contributed by atoms with Gasteiger partial charge in [-0.15, -0.1) is 0 Å². The number of hydrogen-bond donors (Lipinski definition) is 2. The largest absolute Gasteiger partial charge is 0.392 e. The van der Waals surface area contributed by atoms with Crippen LogP contribution >= 0.6 is 0 Å². The molecule has 0 unspecified atom stereocenters. The van der Waals surface area contributed by atoms with Crippen LogP contribution in [0.5, 0.6) is 0 Å². The predicted molar refractivity (Wildman–Crippen MR) is 57.1 cm³/mol. The minimum atomic E-state index is 0.139. The summed E-state index contributed by atoms with van der Waals surface area (Å²) in [5, 5.41) is 12.4. The molecule has 0 atom stereocenters. The van der Waals surface area contributed by atoms with Crippen LogP contribution in [0.1, 0.15) is 24.0 Å². The molecule has 1 saturated carbocycles. The first-order valence-corrected chi connectivity index (χ1v) is 5.30. The van der Waals surface area contributed by atoms with E-state index in [0.717, 1.165) is 24.6 Å². The van der Waals surface area contributed by atoms with Gasteiger partial charge in [0.15, 0.2) is 0 Å². The summed E-state index contributed by atoms with van der Waals surface area (Å²) in [7, 11) is 0. The van der Waals surface area contributed by atoms with E-state index in [1.165, 1.54) is 18.4 Å². The van der Waals surface area contributed by atoms with Crippen LogP contribution in [0, 0.1) is 0 Å². The van der Waals surface area contributed by atoms with Crippen molar-refractivity contribution in [2.75, 3.05) is 6.54 Å². The Morgan fingerprint density at radius 1 is 1.14 bits per heavy atom. The van der Waals surface area contributed by atoms with E-state index in [9.17, 15) is 0 Å². The number of aliphatic hydroxyl groups is 1. The fourth-order valence-electron chi connectivity index (χ4n) is 1.52. The van der Waals surface area contributed by atoms with Crippen LogP contribution in [0.4, 0.5) is 0 Å². The van der Waals surface area contributed by atoms with Crippen molar-refractivity contribution in [2.24, 2.45) is 0 Å². The first-order valence-electron chi connectivity index (χ1n) is 5.30. The molecule has 0 amide bonds. The Hall–Kier alpha value is -0.860. The molecular weight excluding hydrogens is 174 g/mol. The number of aliphatic hydroxyl groups excluding tert-OH is 1. The number of benzene rings is 1. The van der Waals surface area contributed by atoms with Crippen molar-refractivity contribution in [3.8, 4) is 0 Å². The van der Waals surface area contributed by atoms with Gasteiger partial charge in [-0.25, -0.2) is 0 Å². The maximum absolute atomic E-state index is 8.87. The van der Waals surface area contributed by atoms with Crippen molar-refractivity contribution in [2.45, 2.75) is 31.9 Å². The molecule has 1 aliphatic carbocycles. The van der Waals surface area contributed by atoms with Crippen molar-refractivity contribution in [3.63, 3.8) is 0 Å². The lowest BCUT2D eigenvalue weighted by atomic mass is 10.1. The van der Waals surface area contributed by atoms with Crippen LogP contribution < -0.4 is 5.32 Å². The molecule has 0 saturated heterocycles. The Morgan fingerprint density at radius 2 is 1.79 bits per heavy atom. The molecule has 1 fully saturated rings. The normalized spacial score (nSPS) is 15.8. The summed E-state index contributed by atoms with van der Waals surface area (Å²) in [4.78, 5) is 0. The SMILES string of the molecule is OCc1ccc(CCNC2CC2)cc1. The molecule has 2 N–H and O–H groups in total. The van der Waals surface area contributed by atoms with Crippen LogP contribution in [0.3, 0.4) is 0 Å². The highest BCUT2D eigenvalue weighted by Crippen LogP contribution is 2.18. The average molecular weight is 191 g/mol. The molecule has 1 aromatic carbocycles. The Kier molecular flexibility index (Phi) is 3.17. The third-order valence-electron chi connectivity index (χ3n) is 2.63. The van der Waals surface area contributed by atoms with Crippen LogP contribution in [-0.2, 0) is 13.0 Å². The highest BCUT2D eigenvalue weighted by atomic mass is 16.3. The zero-order valence-electron chi connectivity index (χ0n) is 8.37. The molecule has 0 aromatic heterocycles. The van der Waals surface area contributed by atoms with Crippen LogP contribution in [-0.4, -0.2) is 17.7 Å². The highest BCUT2D eigenvalue weighted by Gasteiger charge is 2.19. The Balaban J connectivity index is 1.77. The molecule has 2 rings (SSSR count). The van der Waals surface area contributed by atoms with Crippen molar-refractivity contribution < 1.29 is 5.11 Å². The second-order valence-corrected chi connectivity index (χ2v) is 3.95. The Bertz CT molecular complexity index is 277. The molecule has 1 aromatic rings. The van der Waals surface area contributed by atoms with Gasteiger partial charge in [0.2, 0.25) is 0 Å². The van der Waals surface area contributed by atoms with E-state index in [-0.39, 0.29) is 6.61 Å². The molecule has 2 nitrogen and oxygen atoms in total. The maximum atomic E-state index is 8.87. The van der Waals surface area contributed by atoms with Crippen molar-refractivity contribution >= 4 is 0 Å². The first-order chi connectivity index (χ1) is 6.88. The molecule has 0 spiro atoms. The van der Waals surface area contributed by atoms with Crippen LogP contribution in [0.25, 0.3) is 0 Å². The van der Waals surface area contributed by atoms with Gasteiger partial charge in [-0.3, -0.25) is 0 Å². The molecule has 1 aliphatic rings. The Morgan fingerprint density at radius 3 is 2.36 bits per heavy atom. The summed E-state index contributed by atoms with van der Waals surface area (Å²) >= 11 is 0. The van der Waals surface area contributed by atoms with Crippen molar-refractivity contribution in [1.29, 1.82) is 0 Å². The lowest BCUT2D eigenvalue weighted by Gasteiger charge is -2.03. The smallest absolute Gasteiger partial charge is 0.0681 e. The lowest BCUT2D eigenvalue weighted by Crippen LogP contribution is -2.19. The predicted octanol–water partition coefficient (Wildman–Crippen LogP) is 1.47. The molecule has 14 heavy (non-hydrogen) atoms. The van der Waals surface area contributed by atoms with Gasteiger partial charge in [0, 0.05) is 6.04 Å². The number of nitrogens with one attached hydrogen (secondary N) is 1. The molecule has 0 bridgehead atoms. The molecule has 0 radical (unpaired) electrons. The van der Waals surface area contributed by atoms with E-state index in [4.69, 9.17) is 5.11 Å². The van der Waals surface area contributed by atoms with E-state index < -0.39 is 0 Å². The van der Waals surface area contributed by atoms with E-state index in [1.807, 2.05) is 12.1 Å². The molecule has 76 valence electrons. The third kappa shape index (κ3) is 2.82. The lowest BCUT2D eigenvalue weighted by molar-refractivity contribution is 0.282. The topological polar surface area (TPSA) is 32.3 Å². The molecular formula is C12H17NO. The fraction of sp³-hybridized carbons (Fsp3) is 0.500. The summed E-state index contributed by atoms with van der Waals surface area (Å²) in [6.07, 6.45) is 3.79. The zero-order valence-corrected chi connectivity index (χ0v) is 8.37.